The van der Waals surface area contributed by atoms with Crippen molar-refractivity contribution in [3.8, 4) is 11.5 Å². The lowest BCUT2D eigenvalue weighted by molar-refractivity contribution is 0.0691. The molecule has 3 aromatic carbocycles. The molecule has 0 N–H and O–H groups in total. The fourth-order valence-corrected chi connectivity index (χ4v) is 4.79. The van der Waals surface area contributed by atoms with Crippen molar-refractivity contribution in [2.75, 3.05) is 20.8 Å². The molecule has 1 aliphatic rings. The highest BCUT2D eigenvalue weighted by molar-refractivity contribution is 6.31. The summed E-state index contributed by atoms with van der Waals surface area (Å²) in [6.07, 6.45) is 0.601. The molecule has 4 nitrogen and oxygen atoms in total. The largest absolute Gasteiger partial charge is 0.493 e. The number of fused-ring (bicyclic) bond motifs is 1. The van der Waals surface area contributed by atoms with Crippen molar-refractivity contribution in [2.24, 2.45) is 0 Å². The number of benzene rings is 3. The van der Waals surface area contributed by atoms with E-state index in [1.807, 2.05) is 36.4 Å². The lowest BCUT2D eigenvalue weighted by Crippen LogP contribution is -2.41. The Morgan fingerprint density at radius 1 is 1.03 bits per heavy atom. The third-order valence-corrected chi connectivity index (χ3v) is 6.74. The van der Waals surface area contributed by atoms with Gasteiger partial charge < -0.3 is 14.4 Å². The van der Waals surface area contributed by atoms with Crippen LogP contribution in [-0.4, -0.2) is 31.6 Å². The van der Waals surface area contributed by atoms with Crippen molar-refractivity contribution >= 4 is 17.5 Å². The van der Waals surface area contributed by atoms with E-state index in [2.05, 4.69) is 20.8 Å². The summed E-state index contributed by atoms with van der Waals surface area (Å²) in [4.78, 5) is 15.5. The van der Waals surface area contributed by atoms with E-state index < -0.39 is 11.9 Å². The molecule has 3 aromatic rings. The maximum Gasteiger partial charge on any atom is 0.254 e. The number of hydrogen-bond acceptors (Lipinski definition) is 3. The van der Waals surface area contributed by atoms with Gasteiger partial charge in [0.1, 0.15) is 5.82 Å². The minimum Gasteiger partial charge on any atom is -0.493 e. The van der Waals surface area contributed by atoms with Crippen LogP contribution in [0, 0.1) is 5.82 Å². The number of carbonyl (C=O) groups is 1. The van der Waals surface area contributed by atoms with Gasteiger partial charge in [-0.1, -0.05) is 50.6 Å². The third-order valence-electron chi connectivity index (χ3n) is 6.41. The molecule has 0 unspecified atom stereocenters. The predicted octanol–water partition coefficient (Wildman–Crippen LogP) is 6.58. The molecule has 0 fully saturated rings. The normalized spacial score (nSPS) is 15.6. The fourth-order valence-electron chi connectivity index (χ4n) is 4.53. The molecule has 1 aliphatic heterocycles. The highest BCUT2D eigenvalue weighted by atomic mass is 35.5. The molecule has 1 amide bonds. The Hall–Kier alpha value is -3.05. The van der Waals surface area contributed by atoms with Crippen molar-refractivity contribution in [1.82, 2.24) is 4.90 Å². The van der Waals surface area contributed by atoms with Crippen LogP contribution in [0.2, 0.25) is 5.02 Å². The molecule has 0 radical (unpaired) electrons. The van der Waals surface area contributed by atoms with E-state index in [0.29, 0.717) is 30.0 Å². The van der Waals surface area contributed by atoms with E-state index in [-0.39, 0.29) is 21.9 Å². The maximum atomic E-state index is 15.2. The summed E-state index contributed by atoms with van der Waals surface area (Å²) in [5, 5.41) is 0.272. The Labute approximate surface area is 205 Å². The van der Waals surface area contributed by atoms with Gasteiger partial charge in [-0.05, 0) is 64.9 Å². The summed E-state index contributed by atoms with van der Waals surface area (Å²) < 4.78 is 26.2. The molecule has 0 saturated heterocycles. The molecule has 0 spiro atoms. The number of ether oxygens (including phenoxy) is 2. The Morgan fingerprint density at radius 2 is 1.68 bits per heavy atom. The first kappa shape index (κ1) is 24.1. The van der Waals surface area contributed by atoms with Crippen LogP contribution in [0.3, 0.4) is 0 Å². The van der Waals surface area contributed by atoms with E-state index in [9.17, 15) is 4.79 Å². The molecule has 0 bridgehead atoms. The van der Waals surface area contributed by atoms with Crippen molar-refractivity contribution in [1.29, 1.82) is 0 Å². The molecule has 0 aromatic heterocycles. The van der Waals surface area contributed by atoms with Crippen LogP contribution >= 0.6 is 11.6 Å². The topological polar surface area (TPSA) is 38.8 Å². The summed E-state index contributed by atoms with van der Waals surface area (Å²) in [5.74, 6) is 0.478. The fraction of sp³-hybridized carbons (Fsp3) is 0.321. The second-order valence-electron chi connectivity index (χ2n) is 9.52. The van der Waals surface area contributed by atoms with Gasteiger partial charge in [-0.15, -0.1) is 0 Å². The highest BCUT2D eigenvalue weighted by Gasteiger charge is 2.36. The van der Waals surface area contributed by atoms with Gasteiger partial charge in [-0.2, -0.15) is 0 Å². The standard InChI is InChI=1S/C28H29ClFNO3/c1-28(2,3)19-11-9-17(10-12-19)27(32)31-14-13-18-15-23(33-4)24(34-5)16-20(18)26(31)25-21(29)7-6-8-22(25)30/h6-12,15-16,26H,13-14H2,1-5H3/t26-/m0/s1. The van der Waals surface area contributed by atoms with E-state index in [4.69, 9.17) is 21.1 Å². The third kappa shape index (κ3) is 4.37. The van der Waals surface area contributed by atoms with Crippen LogP contribution < -0.4 is 9.47 Å². The summed E-state index contributed by atoms with van der Waals surface area (Å²) in [6.45, 7) is 6.80. The van der Waals surface area contributed by atoms with Crippen molar-refractivity contribution in [2.45, 2.75) is 38.6 Å². The van der Waals surface area contributed by atoms with Gasteiger partial charge in [-0.3, -0.25) is 4.79 Å². The second-order valence-corrected chi connectivity index (χ2v) is 9.93. The minimum atomic E-state index is -0.702. The molecule has 6 heteroatoms. The van der Waals surface area contributed by atoms with Crippen LogP contribution in [-0.2, 0) is 11.8 Å². The number of carbonyl (C=O) groups excluding carboxylic acids is 1. The summed E-state index contributed by atoms with van der Waals surface area (Å²) >= 11 is 6.51. The number of amides is 1. The van der Waals surface area contributed by atoms with E-state index in [0.717, 1.165) is 16.7 Å². The number of hydrogen-bond donors (Lipinski definition) is 0. The van der Waals surface area contributed by atoms with E-state index in [1.165, 1.54) is 6.07 Å². The number of nitrogens with zero attached hydrogens (tertiary/aromatic N) is 1. The van der Waals surface area contributed by atoms with Crippen molar-refractivity contribution < 1.29 is 18.7 Å². The van der Waals surface area contributed by atoms with E-state index >= 15 is 4.39 Å². The first-order chi connectivity index (χ1) is 16.2. The SMILES string of the molecule is COc1cc2c(cc1OC)[C@@H](c1c(F)cccc1Cl)N(C(=O)c1ccc(C(C)(C)C)cc1)CC2. The lowest BCUT2D eigenvalue weighted by Gasteiger charge is -2.38. The van der Waals surface area contributed by atoms with Gasteiger partial charge in [0, 0.05) is 22.7 Å². The van der Waals surface area contributed by atoms with Crippen LogP contribution in [0.4, 0.5) is 4.39 Å². The van der Waals surface area contributed by atoms with Gasteiger partial charge in [-0.25, -0.2) is 4.39 Å². The maximum absolute atomic E-state index is 15.2. The molecule has 1 atom stereocenters. The number of halogens is 2. The summed E-state index contributed by atoms with van der Waals surface area (Å²) in [7, 11) is 3.13. The Balaban J connectivity index is 1.85. The first-order valence-electron chi connectivity index (χ1n) is 11.3. The van der Waals surface area contributed by atoms with Gasteiger partial charge in [0.05, 0.1) is 20.3 Å². The average Bonchev–Trinajstić information content (AvgIpc) is 2.82. The molecular weight excluding hydrogens is 453 g/mol. The molecular formula is C28H29ClFNO3. The van der Waals surface area contributed by atoms with Gasteiger partial charge >= 0.3 is 0 Å². The number of rotatable bonds is 4. The molecule has 0 aliphatic carbocycles. The Bertz CT molecular complexity index is 1200. The monoisotopic (exact) mass is 481 g/mol. The highest BCUT2D eigenvalue weighted by Crippen LogP contribution is 2.44. The smallest absolute Gasteiger partial charge is 0.254 e. The zero-order valence-electron chi connectivity index (χ0n) is 20.1. The quantitative estimate of drug-likeness (QED) is 0.422. The van der Waals surface area contributed by atoms with Crippen molar-refractivity contribution in [3.63, 3.8) is 0 Å². The molecule has 4 rings (SSSR count). The van der Waals surface area contributed by atoms with Gasteiger partial charge in [0.25, 0.3) is 5.91 Å². The Morgan fingerprint density at radius 3 is 2.26 bits per heavy atom. The van der Waals surface area contributed by atoms with Crippen LogP contribution in [0.5, 0.6) is 11.5 Å². The van der Waals surface area contributed by atoms with Crippen molar-refractivity contribution in [3.05, 3.63) is 93.3 Å². The number of methoxy groups -OCH3 is 2. The minimum absolute atomic E-state index is 0.0233. The second kappa shape index (κ2) is 9.30. The molecule has 34 heavy (non-hydrogen) atoms. The average molecular weight is 482 g/mol. The van der Waals surface area contributed by atoms with Crippen LogP contribution in [0.1, 0.15) is 59.4 Å². The lowest BCUT2D eigenvalue weighted by atomic mass is 9.85. The Kier molecular flexibility index (Phi) is 6.59. The molecule has 0 saturated carbocycles. The van der Waals surface area contributed by atoms with Gasteiger partial charge in [0.15, 0.2) is 11.5 Å². The summed E-state index contributed by atoms with van der Waals surface area (Å²) in [5.41, 5.74) is 3.68. The summed E-state index contributed by atoms with van der Waals surface area (Å²) in [6, 6.07) is 15.2. The zero-order valence-corrected chi connectivity index (χ0v) is 20.9. The zero-order chi connectivity index (χ0) is 24.6. The predicted molar refractivity (Wildman–Crippen MR) is 133 cm³/mol. The van der Waals surface area contributed by atoms with Gasteiger partial charge in [0.2, 0.25) is 0 Å². The van der Waals surface area contributed by atoms with E-state index in [1.54, 1.807) is 31.3 Å². The molecule has 178 valence electrons. The van der Waals surface area contributed by atoms with Crippen LogP contribution in [0.25, 0.3) is 0 Å². The molecule has 1 heterocycles. The first-order valence-corrected chi connectivity index (χ1v) is 11.6. The van der Waals surface area contributed by atoms with Crippen LogP contribution in [0.15, 0.2) is 54.6 Å².